The summed E-state index contributed by atoms with van der Waals surface area (Å²) in [6.45, 7) is 0. The summed E-state index contributed by atoms with van der Waals surface area (Å²) < 4.78 is 7.60. The molecule has 29 heavy (non-hydrogen) atoms. The molecular formula is C24H26BrClN2O. The first-order chi connectivity index (χ1) is 14.0. The van der Waals surface area contributed by atoms with Crippen molar-refractivity contribution in [3.05, 3.63) is 62.6 Å². The number of halogens is 2. The Labute approximate surface area is 186 Å². The molecule has 0 bridgehead atoms. The van der Waals surface area contributed by atoms with Crippen LogP contribution in [0.15, 0.2) is 40.9 Å². The van der Waals surface area contributed by atoms with Gasteiger partial charge in [0.2, 0.25) is 0 Å². The molecule has 4 atom stereocenters. The molecule has 1 fully saturated rings. The Morgan fingerprint density at radius 2 is 2.00 bits per heavy atom. The van der Waals surface area contributed by atoms with Crippen LogP contribution < -0.4 is 10.5 Å². The molecule has 4 rings (SSSR count). The SMILES string of the molecule is N#Cc1ccc(OC2c3ccc(Br)cc3CC2CC2CCCCC(N)C2)c(Cl)c1. The van der Waals surface area contributed by atoms with E-state index in [0.717, 1.165) is 30.2 Å². The third kappa shape index (κ3) is 4.79. The molecule has 0 spiro atoms. The minimum Gasteiger partial charge on any atom is -0.484 e. The summed E-state index contributed by atoms with van der Waals surface area (Å²) >= 11 is 10.0. The lowest BCUT2D eigenvalue weighted by atomic mass is 9.85. The molecule has 2 N–H and O–H groups in total. The van der Waals surface area contributed by atoms with E-state index in [9.17, 15) is 0 Å². The van der Waals surface area contributed by atoms with Gasteiger partial charge in [0.25, 0.3) is 0 Å². The summed E-state index contributed by atoms with van der Waals surface area (Å²) in [4.78, 5) is 0. The second-order valence-electron chi connectivity index (χ2n) is 8.48. The normalized spacial score (nSPS) is 26.4. The highest BCUT2D eigenvalue weighted by atomic mass is 79.9. The maximum absolute atomic E-state index is 9.10. The minimum absolute atomic E-state index is 0.0250. The highest BCUT2D eigenvalue weighted by molar-refractivity contribution is 9.10. The van der Waals surface area contributed by atoms with Gasteiger partial charge in [-0.1, -0.05) is 52.9 Å². The molecule has 0 aromatic heterocycles. The molecule has 0 heterocycles. The van der Waals surface area contributed by atoms with Gasteiger partial charge < -0.3 is 10.5 Å². The second-order valence-corrected chi connectivity index (χ2v) is 9.81. The number of nitrogens with two attached hydrogens (primary N) is 1. The average molecular weight is 474 g/mol. The zero-order valence-corrected chi connectivity index (χ0v) is 18.8. The van der Waals surface area contributed by atoms with E-state index in [0.29, 0.717) is 34.2 Å². The van der Waals surface area contributed by atoms with Crippen LogP contribution in [0.25, 0.3) is 0 Å². The van der Waals surface area contributed by atoms with Crippen molar-refractivity contribution in [3.63, 3.8) is 0 Å². The van der Waals surface area contributed by atoms with Gasteiger partial charge >= 0.3 is 0 Å². The smallest absolute Gasteiger partial charge is 0.138 e. The molecule has 2 aliphatic rings. The first-order valence-electron chi connectivity index (χ1n) is 10.4. The van der Waals surface area contributed by atoms with Gasteiger partial charge in [0.15, 0.2) is 0 Å². The number of benzene rings is 2. The van der Waals surface area contributed by atoms with Gasteiger partial charge in [-0.25, -0.2) is 0 Å². The minimum atomic E-state index is -0.0250. The molecule has 0 aliphatic heterocycles. The topological polar surface area (TPSA) is 59.0 Å². The number of nitriles is 1. The molecule has 152 valence electrons. The molecular weight excluding hydrogens is 448 g/mol. The van der Waals surface area contributed by atoms with E-state index in [-0.39, 0.29) is 6.10 Å². The van der Waals surface area contributed by atoms with Crippen molar-refractivity contribution in [1.82, 2.24) is 0 Å². The largest absolute Gasteiger partial charge is 0.484 e. The Morgan fingerprint density at radius 1 is 1.17 bits per heavy atom. The average Bonchev–Trinajstić information content (AvgIpc) is 2.87. The first-order valence-corrected chi connectivity index (χ1v) is 11.6. The fourth-order valence-corrected chi connectivity index (χ4v) is 5.62. The molecule has 0 amide bonds. The summed E-state index contributed by atoms with van der Waals surface area (Å²) in [5.74, 6) is 1.70. The van der Waals surface area contributed by atoms with Gasteiger partial charge in [-0.05, 0) is 73.1 Å². The molecule has 0 saturated heterocycles. The highest BCUT2D eigenvalue weighted by Crippen LogP contribution is 2.45. The van der Waals surface area contributed by atoms with Gasteiger partial charge in [-0.3, -0.25) is 0 Å². The van der Waals surface area contributed by atoms with E-state index in [1.165, 1.54) is 30.4 Å². The van der Waals surface area contributed by atoms with Crippen LogP contribution in [0.1, 0.15) is 61.3 Å². The van der Waals surface area contributed by atoms with Crippen LogP contribution in [-0.2, 0) is 6.42 Å². The van der Waals surface area contributed by atoms with Gasteiger partial charge in [-0.15, -0.1) is 0 Å². The Kier molecular flexibility index (Phi) is 6.49. The standard InChI is InChI=1S/C24H26BrClN2O/c25-19-6-7-21-17(13-19)12-18(9-15-3-1-2-4-20(28)10-15)24(21)29-23-8-5-16(14-27)11-22(23)26/h5-8,11,13,15,18,20,24H,1-4,9-10,12,28H2. The Morgan fingerprint density at radius 3 is 2.79 bits per heavy atom. The van der Waals surface area contributed by atoms with Crippen LogP contribution in [0.4, 0.5) is 0 Å². The lowest BCUT2D eigenvalue weighted by molar-refractivity contribution is 0.128. The van der Waals surface area contributed by atoms with Crippen LogP contribution in [-0.4, -0.2) is 6.04 Å². The van der Waals surface area contributed by atoms with Gasteiger partial charge in [0.1, 0.15) is 11.9 Å². The van der Waals surface area contributed by atoms with Crippen LogP contribution in [0.2, 0.25) is 5.02 Å². The molecule has 0 radical (unpaired) electrons. The fraction of sp³-hybridized carbons (Fsp3) is 0.458. The maximum atomic E-state index is 9.10. The molecule has 3 nitrogen and oxygen atoms in total. The number of rotatable bonds is 4. The summed E-state index contributed by atoms with van der Waals surface area (Å²) in [5.41, 5.74) is 9.46. The van der Waals surface area contributed by atoms with E-state index >= 15 is 0 Å². The van der Waals surface area contributed by atoms with E-state index in [4.69, 9.17) is 27.3 Å². The summed E-state index contributed by atoms with van der Waals surface area (Å²) in [6, 6.07) is 14.2. The van der Waals surface area contributed by atoms with Crippen molar-refractivity contribution in [3.8, 4) is 11.8 Å². The molecule has 5 heteroatoms. The zero-order chi connectivity index (χ0) is 20.4. The van der Waals surface area contributed by atoms with E-state index in [2.05, 4.69) is 40.2 Å². The Hall–Kier alpha value is -1.54. The summed E-state index contributed by atoms with van der Waals surface area (Å²) in [5, 5.41) is 9.59. The molecule has 1 saturated carbocycles. The van der Waals surface area contributed by atoms with E-state index in [1.54, 1.807) is 12.1 Å². The monoisotopic (exact) mass is 472 g/mol. The molecule has 2 aliphatic carbocycles. The van der Waals surface area contributed by atoms with E-state index in [1.807, 2.05) is 6.07 Å². The number of hydrogen-bond donors (Lipinski definition) is 1. The highest BCUT2D eigenvalue weighted by Gasteiger charge is 2.36. The molecule has 2 aromatic rings. The Balaban J connectivity index is 1.59. The lowest BCUT2D eigenvalue weighted by Gasteiger charge is -2.27. The van der Waals surface area contributed by atoms with Crippen molar-refractivity contribution in [1.29, 1.82) is 5.26 Å². The Bertz CT molecular complexity index is 926. The summed E-state index contributed by atoms with van der Waals surface area (Å²) in [7, 11) is 0. The van der Waals surface area contributed by atoms with Crippen molar-refractivity contribution in [2.45, 2.75) is 57.1 Å². The lowest BCUT2D eigenvalue weighted by Crippen LogP contribution is -2.24. The van der Waals surface area contributed by atoms with Crippen molar-refractivity contribution >= 4 is 27.5 Å². The third-order valence-corrected chi connectivity index (χ3v) is 7.13. The van der Waals surface area contributed by atoms with Gasteiger partial charge in [0, 0.05) is 16.4 Å². The quantitative estimate of drug-likeness (QED) is 0.511. The van der Waals surface area contributed by atoms with Crippen LogP contribution in [0, 0.1) is 23.2 Å². The van der Waals surface area contributed by atoms with Crippen LogP contribution in [0.5, 0.6) is 5.75 Å². The molecule has 2 aromatic carbocycles. The maximum Gasteiger partial charge on any atom is 0.138 e. The second kappa shape index (κ2) is 9.08. The first kappa shape index (κ1) is 20.7. The molecule has 4 unspecified atom stereocenters. The van der Waals surface area contributed by atoms with Crippen molar-refractivity contribution < 1.29 is 4.74 Å². The van der Waals surface area contributed by atoms with Gasteiger partial charge in [-0.2, -0.15) is 5.26 Å². The number of fused-ring (bicyclic) bond motifs is 1. The third-order valence-electron chi connectivity index (χ3n) is 6.35. The van der Waals surface area contributed by atoms with Crippen LogP contribution >= 0.6 is 27.5 Å². The summed E-state index contributed by atoms with van der Waals surface area (Å²) in [6.07, 6.45) is 8.15. The number of nitrogens with zero attached hydrogens (tertiary/aromatic N) is 1. The van der Waals surface area contributed by atoms with Crippen molar-refractivity contribution in [2.75, 3.05) is 0 Å². The van der Waals surface area contributed by atoms with Gasteiger partial charge in [0.05, 0.1) is 16.7 Å². The van der Waals surface area contributed by atoms with Crippen LogP contribution in [0.3, 0.4) is 0 Å². The zero-order valence-electron chi connectivity index (χ0n) is 16.4. The predicted molar refractivity (Wildman–Crippen MR) is 120 cm³/mol. The number of ether oxygens (including phenoxy) is 1. The number of hydrogen-bond acceptors (Lipinski definition) is 3. The predicted octanol–water partition coefficient (Wildman–Crippen LogP) is 6.56. The van der Waals surface area contributed by atoms with E-state index < -0.39 is 0 Å². The van der Waals surface area contributed by atoms with Crippen molar-refractivity contribution in [2.24, 2.45) is 17.6 Å². The fourth-order valence-electron chi connectivity index (χ4n) is 4.99.